The number of amides is 3. The smallest absolute Gasteiger partial charge is 0.322 e. The number of imide groups is 1. The minimum atomic E-state index is -1.05. The highest BCUT2D eigenvalue weighted by molar-refractivity contribution is 6.07. The van der Waals surface area contributed by atoms with Gasteiger partial charge in [0, 0.05) is 18.9 Å². The largest absolute Gasteiger partial charge is 0.326 e. The third-order valence-corrected chi connectivity index (χ3v) is 7.10. The molecule has 176 valence electrons. The molecule has 1 fully saturated rings. The number of carbonyl (C=O) groups excluding carboxylic acids is 2. The monoisotopic (exact) mass is 463 g/mol. The van der Waals surface area contributed by atoms with Gasteiger partial charge in [0.15, 0.2) is 0 Å². The Morgan fingerprint density at radius 2 is 1.51 bits per heavy atom. The number of nitrogens with zero attached hydrogens (tertiary/aromatic N) is 2. The van der Waals surface area contributed by atoms with Crippen LogP contribution < -0.4 is 5.32 Å². The first-order valence-electron chi connectivity index (χ1n) is 12.1. The number of rotatable bonds is 8. The van der Waals surface area contributed by atoms with Gasteiger partial charge in [0.25, 0.3) is 5.91 Å². The Bertz CT molecular complexity index is 1210. The lowest BCUT2D eigenvalue weighted by atomic mass is 9.84. The Hall–Kier alpha value is -3.88. The number of aryl methyl sites for hydroxylation is 1. The van der Waals surface area contributed by atoms with Gasteiger partial charge in [-0.2, -0.15) is 0 Å². The van der Waals surface area contributed by atoms with Crippen LogP contribution in [0.15, 0.2) is 84.9 Å². The molecule has 5 heteroatoms. The minimum absolute atomic E-state index is 0.0843. The summed E-state index contributed by atoms with van der Waals surface area (Å²) in [5.74, 6) is 2.53. The van der Waals surface area contributed by atoms with E-state index in [0.29, 0.717) is 19.4 Å². The van der Waals surface area contributed by atoms with Crippen LogP contribution >= 0.6 is 0 Å². The first-order valence-corrected chi connectivity index (χ1v) is 12.1. The molecular formula is C30H29N3O2. The Balaban J connectivity index is 1.44. The van der Waals surface area contributed by atoms with Crippen molar-refractivity contribution in [1.29, 1.82) is 0 Å². The van der Waals surface area contributed by atoms with Crippen LogP contribution in [0.2, 0.25) is 0 Å². The van der Waals surface area contributed by atoms with Gasteiger partial charge in [0.2, 0.25) is 0 Å². The molecule has 0 aromatic heterocycles. The highest BCUT2D eigenvalue weighted by atomic mass is 16.2. The number of nitrogens with one attached hydrogen (secondary N) is 1. The van der Waals surface area contributed by atoms with E-state index in [1.54, 1.807) is 0 Å². The third kappa shape index (κ3) is 4.58. The van der Waals surface area contributed by atoms with Crippen LogP contribution in [0.3, 0.4) is 0 Å². The summed E-state index contributed by atoms with van der Waals surface area (Å²) in [6, 6.07) is 27.8. The lowest BCUT2D eigenvalue weighted by Crippen LogP contribution is -2.51. The fourth-order valence-electron chi connectivity index (χ4n) is 5.47. The second-order valence-corrected chi connectivity index (χ2v) is 9.42. The van der Waals surface area contributed by atoms with E-state index in [1.165, 1.54) is 16.0 Å². The molecule has 3 aromatic carbocycles. The van der Waals surface area contributed by atoms with Gasteiger partial charge < -0.3 is 5.32 Å². The number of urea groups is 1. The molecule has 1 saturated heterocycles. The first kappa shape index (κ1) is 22.9. The number of hydrogen-bond acceptors (Lipinski definition) is 3. The SMILES string of the molecule is C#CCN(CN1C(=O)NC(Cc2ccccc2)(Cc2ccccc2)C1=O)[C@@H]1CCc2ccccc21. The Kier molecular flexibility index (Phi) is 6.39. The maximum atomic E-state index is 14.0. The molecule has 1 heterocycles. The maximum Gasteiger partial charge on any atom is 0.326 e. The second-order valence-electron chi connectivity index (χ2n) is 9.42. The fourth-order valence-corrected chi connectivity index (χ4v) is 5.47. The van der Waals surface area contributed by atoms with Crippen molar-refractivity contribution in [3.8, 4) is 12.3 Å². The molecule has 0 spiro atoms. The van der Waals surface area contributed by atoms with Crippen molar-refractivity contribution in [1.82, 2.24) is 15.1 Å². The van der Waals surface area contributed by atoms with E-state index in [1.807, 2.05) is 72.8 Å². The van der Waals surface area contributed by atoms with E-state index >= 15 is 0 Å². The minimum Gasteiger partial charge on any atom is -0.322 e. The summed E-state index contributed by atoms with van der Waals surface area (Å²) in [6.07, 6.45) is 8.45. The van der Waals surface area contributed by atoms with Gasteiger partial charge in [0.05, 0.1) is 13.2 Å². The normalized spacial score (nSPS) is 18.4. The summed E-state index contributed by atoms with van der Waals surface area (Å²) >= 11 is 0. The first-order chi connectivity index (χ1) is 17.1. The van der Waals surface area contributed by atoms with Crippen molar-refractivity contribution < 1.29 is 9.59 Å². The van der Waals surface area contributed by atoms with E-state index in [2.05, 4.69) is 28.3 Å². The second kappa shape index (κ2) is 9.77. The molecule has 0 unspecified atom stereocenters. The zero-order chi connectivity index (χ0) is 24.3. The predicted molar refractivity (Wildman–Crippen MR) is 136 cm³/mol. The molecule has 1 atom stereocenters. The predicted octanol–water partition coefficient (Wildman–Crippen LogP) is 4.34. The molecule has 3 amide bonds. The van der Waals surface area contributed by atoms with Gasteiger partial charge in [-0.3, -0.25) is 9.69 Å². The van der Waals surface area contributed by atoms with Crippen LogP contribution in [0.1, 0.15) is 34.7 Å². The van der Waals surface area contributed by atoms with Crippen molar-refractivity contribution in [2.75, 3.05) is 13.2 Å². The van der Waals surface area contributed by atoms with Crippen molar-refractivity contribution in [2.45, 2.75) is 37.3 Å². The summed E-state index contributed by atoms with van der Waals surface area (Å²) in [5.41, 5.74) is 3.50. The summed E-state index contributed by atoms with van der Waals surface area (Å²) in [5, 5.41) is 3.08. The zero-order valence-electron chi connectivity index (χ0n) is 19.7. The highest BCUT2D eigenvalue weighted by Gasteiger charge is 2.51. The molecule has 5 nitrogen and oxygen atoms in total. The number of hydrogen-bond donors (Lipinski definition) is 1. The van der Waals surface area contributed by atoms with Crippen molar-refractivity contribution in [2.24, 2.45) is 0 Å². The maximum absolute atomic E-state index is 14.0. The lowest BCUT2D eigenvalue weighted by molar-refractivity contribution is -0.133. The van der Waals surface area contributed by atoms with Gasteiger partial charge in [-0.15, -0.1) is 6.42 Å². The standard InChI is InChI=1S/C30H29N3O2/c1-2-19-32(27-18-17-25-15-9-10-16-26(25)27)22-33-28(34)30(31-29(33)35,20-23-11-5-3-6-12-23)21-24-13-7-4-8-14-24/h1,3-16,27H,17-22H2,(H,31,35)/t27-/m1/s1. The van der Waals surface area contributed by atoms with Gasteiger partial charge >= 0.3 is 6.03 Å². The fraction of sp³-hybridized carbons (Fsp3) is 0.267. The highest BCUT2D eigenvalue weighted by Crippen LogP contribution is 2.36. The average Bonchev–Trinajstić information content (AvgIpc) is 3.40. The average molecular weight is 464 g/mol. The van der Waals surface area contributed by atoms with Crippen LogP contribution in [-0.2, 0) is 24.1 Å². The molecule has 35 heavy (non-hydrogen) atoms. The van der Waals surface area contributed by atoms with Crippen LogP contribution in [-0.4, -0.2) is 40.5 Å². The Morgan fingerprint density at radius 1 is 0.914 bits per heavy atom. The van der Waals surface area contributed by atoms with Crippen molar-refractivity contribution in [3.05, 3.63) is 107 Å². The van der Waals surface area contributed by atoms with Crippen LogP contribution in [0.5, 0.6) is 0 Å². The quantitative estimate of drug-likeness (QED) is 0.399. The van der Waals surface area contributed by atoms with E-state index in [-0.39, 0.29) is 24.6 Å². The van der Waals surface area contributed by atoms with E-state index in [4.69, 9.17) is 6.42 Å². The van der Waals surface area contributed by atoms with Crippen molar-refractivity contribution in [3.63, 3.8) is 0 Å². The molecule has 5 rings (SSSR count). The number of benzene rings is 3. The third-order valence-electron chi connectivity index (χ3n) is 7.10. The summed E-state index contributed by atoms with van der Waals surface area (Å²) in [7, 11) is 0. The number of carbonyl (C=O) groups is 2. The molecule has 1 aliphatic heterocycles. The molecule has 1 N–H and O–H groups in total. The number of terminal acetylenes is 1. The summed E-state index contributed by atoms with van der Waals surface area (Å²) in [6.45, 7) is 0.527. The van der Waals surface area contributed by atoms with E-state index in [9.17, 15) is 9.59 Å². The van der Waals surface area contributed by atoms with E-state index < -0.39 is 5.54 Å². The zero-order valence-corrected chi connectivity index (χ0v) is 19.7. The topological polar surface area (TPSA) is 52.6 Å². The van der Waals surface area contributed by atoms with Crippen LogP contribution in [0, 0.1) is 12.3 Å². The Labute approximate surface area is 206 Å². The van der Waals surface area contributed by atoms with Gasteiger partial charge in [-0.1, -0.05) is 90.8 Å². The van der Waals surface area contributed by atoms with Crippen LogP contribution in [0.25, 0.3) is 0 Å². The summed E-state index contributed by atoms with van der Waals surface area (Å²) in [4.78, 5) is 30.7. The van der Waals surface area contributed by atoms with Gasteiger partial charge in [0.1, 0.15) is 5.54 Å². The molecule has 0 bridgehead atoms. The number of fused-ring (bicyclic) bond motifs is 1. The molecule has 1 aliphatic carbocycles. The molecule has 2 aliphatic rings. The summed E-state index contributed by atoms with van der Waals surface area (Å²) < 4.78 is 0. The lowest BCUT2D eigenvalue weighted by Gasteiger charge is -2.32. The Morgan fingerprint density at radius 3 is 2.14 bits per heavy atom. The van der Waals surface area contributed by atoms with Crippen LogP contribution in [0.4, 0.5) is 4.79 Å². The van der Waals surface area contributed by atoms with Crippen molar-refractivity contribution >= 4 is 11.9 Å². The van der Waals surface area contributed by atoms with Gasteiger partial charge in [-0.25, -0.2) is 9.69 Å². The molecule has 3 aromatic rings. The molecule has 0 radical (unpaired) electrons. The molecular weight excluding hydrogens is 434 g/mol. The van der Waals surface area contributed by atoms with E-state index in [0.717, 1.165) is 24.0 Å². The molecule has 0 saturated carbocycles. The van der Waals surface area contributed by atoms with Gasteiger partial charge in [-0.05, 0) is 35.1 Å².